The number of aromatic nitrogens is 1. The van der Waals surface area contributed by atoms with E-state index in [1.807, 2.05) is 30.3 Å². The van der Waals surface area contributed by atoms with Crippen LogP contribution in [0.25, 0.3) is 0 Å². The molecule has 1 aromatic carbocycles. The van der Waals surface area contributed by atoms with Crippen molar-refractivity contribution in [3.05, 3.63) is 76.7 Å². The summed E-state index contributed by atoms with van der Waals surface area (Å²) < 4.78 is 5.61. The summed E-state index contributed by atoms with van der Waals surface area (Å²) in [4.78, 5) is 25.7. The van der Waals surface area contributed by atoms with E-state index >= 15 is 0 Å². The lowest BCUT2D eigenvalue weighted by atomic mass is 10.1. The summed E-state index contributed by atoms with van der Waals surface area (Å²) in [5.41, 5.74) is 0.685. The number of H-pyrrole nitrogens is 1. The fourth-order valence-corrected chi connectivity index (χ4v) is 2.02. The molecule has 2 rings (SSSR count). The lowest BCUT2D eigenvalue weighted by molar-refractivity contribution is 0.0957. The van der Waals surface area contributed by atoms with E-state index in [4.69, 9.17) is 4.74 Å². The van der Waals surface area contributed by atoms with Gasteiger partial charge in [-0.25, -0.2) is 0 Å². The van der Waals surface area contributed by atoms with Gasteiger partial charge in [0.25, 0.3) is 11.5 Å². The minimum absolute atomic E-state index is 0.0638. The highest BCUT2D eigenvalue weighted by atomic mass is 16.5. The highest BCUT2D eigenvalue weighted by Crippen LogP contribution is 2.18. The average molecular weight is 322 g/mol. The number of carbonyl (C=O) groups excluding carboxylic acids is 1. The summed E-state index contributed by atoms with van der Waals surface area (Å²) in [6.07, 6.45) is 4.01. The summed E-state index contributed by atoms with van der Waals surface area (Å²) in [5.74, 6) is 5.93. The van der Waals surface area contributed by atoms with E-state index < -0.39 is 11.5 Å². The molecule has 2 aromatic rings. The third kappa shape index (κ3) is 4.89. The molecule has 5 heteroatoms. The van der Waals surface area contributed by atoms with Crippen LogP contribution in [0, 0.1) is 11.8 Å². The van der Waals surface area contributed by atoms with Gasteiger partial charge in [-0.05, 0) is 30.2 Å². The van der Waals surface area contributed by atoms with Crippen molar-refractivity contribution >= 4 is 5.91 Å². The Balaban J connectivity index is 1.81. The van der Waals surface area contributed by atoms with Crippen molar-refractivity contribution in [1.82, 2.24) is 10.3 Å². The maximum atomic E-state index is 11.8. The Morgan fingerprint density at radius 3 is 2.88 bits per heavy atom. The van der Waals surface area contributed by atoms with Crippen molar-refractivity contribution in [1.29, 1.82) is 0 Å². The van der Waals surface area contributed by atoms with Crippen molar-refractivity contribution in [2.24, 2.45) is 0 Å². The van der Waals surface area contributed by atoms with Crippen molar-refractivity contribution in [3.63, 3.8) is 0 Å². The highest BCUT2D eigenvalue weighted by molar-refractivity contribution is 5.93. The molecule has 1 amide bonds. The summed E-state index contributed by atoms with van der Waals surface area (Å²) in [5, 5.41) is 2.57. The second kappa shape index (κ2) is 9.01. The van der Waals surface area contributed by atoms with Crippen LogP contribution in [0.5, 0.6) is 5.75 Å². The fourth-order valence-electron chi connectivity index (χ4n) is 2.02. The lowest BCUT2D eigenvalue weighted by Crippen LogP contribution is -2.29. The molecule has 122 valence electrons. The summed E-state index contributed by atoms with van der Waals surface area (Å²) in [7, 11) is 0. The maximum absolute atomic E-state index is 11.8. The van der Waals surface area contributed by atoms with Gasteiger partial charge >= 0.3 is 0 Å². The number of pyridine rings is 1. The van der Waals surface area contributed by atoms with Gasteiger partial charge in [0.2, 0.25) is 0 Å². The molecule has 0 fully saturated rings. The number of ether oxygens (including phenoxy) is 1. The molecule has 0 aliphatic rings. The number of para-hydroxylation sites is 1. The molecule has 1 aromatic heterocycles. The molecule has 1 heterocycles. The summed E-state index contributed by atoms with van der Waals surface area (Å²) in [6.45, 7) is 4.08. The Morgan fingerprint density at radius 2 is 2.08 bits per heavy atom. The second-order valence-corrected chi connectivity index (χ2v) is 4.84. The Labute approximate surface area is 140 Å². The number of carbonyl (C=O) groups is 1. The van der Waals surface area contributed by atoms with Crippen LogP contribution in [0.1, 0.15) is 15.9 Å². The molecule has 24 heavy (non-hydrogen) atoms. The van der Waals surface area contributed by atoms with E-state index in [-0.39, 0.29) is 18.7 Å². The Bertz CT molecular complexity index is 828. The van der Waals surface area contributed by atoms with Gasteiger partial charge in [0.15, 0.2) is 0 Å². The average Bonchev–Trinajstić information content (AvgIpc) is 2.59. The largest absolute Gasteiger partial charge is 0.481 e. The molecular weight excluding hydrogens is 304 g/mol. The first-order valence-electron chi connectivity index (χ1n) is 7.45. The van der Waals surface area contributed by atoms with Crippen molar-refractivity contribution in [3.8, 4) is 17.6 Å². The smallest absolute Gasteiger partial charge is 0.260 e. The number of aromatic amines is 1. The standard InChI is InChI=1S/C19H18N2O3/c1-2-8-15-9-3-4-11-17(15)24-14-6-5-12-20-18(22)16-10-7-13-21-19(16)23/h2-4,7,9-11,13H,1,8,12,14H2,(H,20,22)(H,21,23). The third-order valence-corrected chi connectivity index (χ3v) is 3.16. The second-order valence-electron chi connectivity index (χ2n) is 4.84. The summed E-state index contributed by atoms with van der Waals surface area (Å²) in [6, 6.07) is 10.7. The zero-order valence-electron chi connectivity index (χ0n) is 13.2. The topological polar surface area (TPSA) is 71.2 Å². The van der Waals surface area contributed by atoms with Crippen molar-refractivity contribution < 1.29 is 9.53 Å². The van der Waals surface area contributed by atoms with Crippen LogP contribution < -0.4 is 15.6 Å². The van der Waals surface area contributed by atoms with Gasteiger partial charge in [-0.3, -0.25) is 9.59 Å². The van der Waals surface area contributed by atoms with Crippen LogP contribution in [0.15, 0.2) is 60.0 Å². The normalized spacial score (nSPS) is 9.50. The van der Waals surface area contributed by atoms with Crippen LogP contribution in [-0.2, 0) is 6.42 Å². The molecule has 0 saturated carbocycles. The fraction of sp³-hybridized carbons (Fsp3) is 0.158. The van der Waals surface area contributed by atoms with Crippen LogP contribution in [0.3, 0.4) is 0 Å². The molecule has 0 spiro atoms. The molecule has 0 saturated heterocycles. The number of hydrogen-bond donors (Lipinski definition) is 2. The van der Waals surface area contributed by atoms with Gasteiger partial charge in [0.05, 0.1) is 6.54 Å². The number of amides is 1. The van der Waals surface area contributed by atoms with Gasteiger partial charge in [-0.2, -0.15) is 0 Å². The number of allylic oxidation sites excluding steroid dienone is 1. The predicted molar refractivity (Wildman–Crippen MR) is 93.0 cm³/mol. The van der Waals surface area contributed by atoms with Gasteiger partial charge in [-0.15, -0.1) is 6.58 Å². The van der Waals surface area contributed by atoms with E-state index in [1.165, 1.54) is 12.3 Å². The predicted octanol–water partition coefficient (Wildman–Crippen LogP) is 1.92. The van der Waals surface area contributed by atoms with Gasteiger partial charge in [0, 0.05) is 6.20 Å². The molecule has 0 radical (unpaired) electrons. The van der Waals surface area contributed by atoms with Crippen LogP contribution in [-0.4, -0.2) is 24.0 Å². The maximum Gasteiger partial charge on any atom is 0.260 e. The van der Waals surface area contributed by atoms with E-state index in [1.54, 1.807) is 6.07 Å². The van der Waals surface area contributed by atoms with Crippen LogP contribution in [0.4, 0.5) is 0 Å². The zero-order chi connectivity index (χ0) is 17.2. The van der Waals surface area contributed by atoms with E-state index in [2.05, 4.69) is 28.7 Å². The lowest BCUT2D eigenvalue weighted by Gasteiger charge is -2.07. The quantitative estimate of drug-likeness (QED) is 0.630. The number of benzene rings is 1. The van der Waals surface area contributed by atoms with Gasteiger partial charge in [-0.1, -0.05) is 36.1 Å². The monoisotopic (exact) mass is 322 g/mol. The number of hydrogen-bond acceptors (Lipinski definition) is 3. The third-order valence-electron chi connectivity index (χ3n) is 3.16. The highest BCUT2D eigenvalue weighted by Gasteiger charge is 2.07. The number of nitrogens with one attached hydrogen (secondary N) is 2. The van der Waals surface area contributed by atoms with E-state index in [9.17, 15) is 9.59 Å². The Kier molecular flexibility index (Phi) is 6.42. The van der Waals surface area contributed by atoms with Crippen molar-refractivity contribution in [2.45, 2.75) is 6.42 Å². The molecule has 0 aliphatic heterocycles. The minimum Gasteiger partial charge on any atom is -0.481 e. The molecule has 5 nitrogen and oxygen atoms in total. The van der Waals surface area contributed by atoms with E-state index in [0.29, 0.717) is 0 Å². The summed E-state index contributed by atoms with van der Waals surface area (Å²) >= 11 is 0. The molecular formula is C19H18N2O3. The first-order chi connectivity index (χ1) is 11.7. The van der Waals surface area contributed by atoms with Crippen LogP contribution in [0.2, 0.25) is 0 Å². The van der Waals surface area contributed by atoms with Gasteiger partial charge < -0.3 is 15.0 Å². The minimum atomic E-state index is -0.455. The Hall–Kier alpha value is -3.26. The van der Waals surface area contributed by atoms with Gasteiger partial charge in [0.1, 0.15) is 17.9 Å². The zero-order valence-corrected chi connectivity index (χ0v) is 13.2. The molecule has 2 N–H and O–H groups in total. The molecule has 0 aliphatic carbocycles. The molecule has 0 bridgehead atoms. The number of rotatable bonds is 6. The first-order valence-corrected chi connectivity index (χ1v) is 7.45. The van der Waals surface area contributed by atoms with Crippen molar-refractivity contribution in [2.75, 3.05) is 13.2 Å². The van der Waals surface area contributed by atoms with E-state index in [0.717, 1.165) is 17.7 Å². The molecule has 0 atom stereocenters. The first kappa shape index (κ1) is 17.1. The van der Waals surface area contributed by atoms with Crippen LogP contribution >= 0.6 is 0 Å². The molecule has 0 unspecified atom stereocenters. The Morgan fingerprint density at radius 1 is 1.25 bits per heavy atom. The SMILES string of the molecule is C=CCc1ccccc1OCC#CCNC(=O)c1ccc[nH]c1=O.